The Hall–Kier alpha value is -3.47. The van der Waals surface area contributed by atoms with Crippen molar-refractivity contribution in [3.8, 4) is 5.75 Å². The summed E-state index contributed by atoms with van der Waals surface area (Å²) in [7, 11) is 0. The Bertz CT molecular complexity index is 1050. The van der Waals surface area contributed by atoms with Crippen LogP contribution < -0.4 is 5.32 Å². The van der Waals surface area contributed by atoms with Gasteiger partial charge in [-0.2, -0.15) is 0 Å². The van der Waals surface area contributed by atoms with E-state index in [1.165, 1.54) is 0 Å². The van der Waals surface area contributed by atoms with Gasteiger partial charge in [0.15, 0.2) is 0 Å². The second-order valence-electron chi connectivity index (χ2n) is 6.07. The molecule has 1 unspecified atom stereocenters. The molecule has 0 aliphatic carbocycles. The number of pyridine rings is 3. The number of aromatic nitrogens is 3. The van der Waals surface area contributed by atoms with E-state index >= 15 is 0 Å². The van der Waals surface area contributed by atoms with Crippen molar-refractivity contribution in [2.24, 2.45) is 0 Å². The maximum absolute atomic E-state index is 10.9. The first-order valence-corrected chi connectivity index (χ1v) is 8.40. The van der Waals surface area contributed by atoms with Gasteiger partial charge < -0.3 is 10.4 Å². The zero-order valence-corrected chi connectivity index (χ0v) is 14.3. The summed E-state index contributed by atoms with van der Waals surface area (Å²) in [5.74, 6) is 0.862. The van der Waals surface area contributed by atoms with Gasteiger partial charge in [0, 0.05) is 29.0 Å². The molecule has 3 aromatic heterocycles. The van der Waals surface area contributed by atoms with Crippen molar-refractivity contribution in [2.45, 2.75) is 13.0 Å². The largest absolute Gasteiger partial charge is 0.505 e. The number of anilines is 1. The molecule has 4 aromatic rings. The first kappa shape index (κ1) is 16.0. The second-order valence-corrected chi connectivity index (χ2v) is 6.07. The van der Waals surface area contributed by atoms with Crippen LogP contribution in [0.1, 0.15) is 23.0 Å². The van der Waals surface area contributed by atoms with E-state index in [2.05, 4.69) is 20.3 Å². The van der Waals surface area contributed by atoms with Gasteiger partial charge in [-0.3, -0.25) is 9.97 Å². The number of aryl methyl sites for hydroxylation is 1. The monoisotopic (exact) mass is 342 g/mol. The smallest absolute Gasteiger partial charge is 0.147 e. The minimum atomic E-state index is -0.351. The normalized spacial score (nSPS) is 12.0. The molecule has 0 fully saturated rings. The van der Waals surface area contributed by atoms with Gasteiger partial charge in [0.25, 0.3) is 0 Å². The Labute approximate surface area is 151 Å². The molecule has 0 saturated carbocycles. The first-order chi connectivity index (χ1) is 12.7. The molecule has 0 amide bonds. The van der Waals surface area contributed by atoms with Crippen LogP contribution in [0.2, 0.25) is 0 Å². The predicted octanol–water partition coefficient (Wildman–Crippen LogP) is 4.24. The molecule has 4 rings (SSSR count). The van der Waals surface area contributed by atoms with Crippen molar-refractivity contribution >= 4 is 16.7 Å². The van der Waals surface area contributed by atoms with Gasteiger partial charge in [-0.15, -0.1) is 0 Å². The summed E-state index contributed by atoms with van der Waals surface area (Å²) in [5, 5.41) is 15.2. The van der Waals surface area contributed by atoms with E-state index in [1.807, 2.05) is 67.6 Å². The van der Waals surface area contributed by atoms with E-state index in [4.69, 9.17) is 0 Å². The number of fused-ring (bicyclic) bond motifs is 1. The van der Waals surface area contributed by atoms with Gasteiger partial charge in [-0.05, 0) is 37.3 Å². The second kappa shape index (κ2) is 6.80. The number of benzene rings is 1. The molecule has 1 atom stereocenters. The summed E-state index contributed by atoms with van der Waals surface area (Å²) in [6, 6.07) is 18.8. The Morgan fingerprint density at radius 1 is 0.885 bits per heavy atom. The summed E-state index contributed by atoms with van der Waals surface area (Å²) >= 11 is 0. The lowest BCUT2D eigenvalue weighted by molar-refractivity contribution is 0.471. The zero-order valence-electron chi connectivity index (χ0n) is 14.3. The van der Waals surface area contributed by atoms with Crippen LogP contribution in [0.4, 0.5) is 5.82 Å². The quantitative estimate of drug-likeness (QED) is 0.580. The van der Waals surface area contributed by atoms with E-state index < -0.39 is 0 Å². The Kier molecular flexibility index (Phi) is 4.19. The molecular formula is C21H18N4O. The van der Waals surface area contributed by atoms with Crippen molar-refractivity contribution in [1.29, 1.82) is 0 Å². The third-order valence-corrected chi connectivity index (χ3v) is 4.25. The number of nitrogens with one attached hydrogen (secondary N) is 1. The molecule has 5 nitrogen and oxygen atoms in total. The van der Waals surface area contributed by atoms with Gasteiger partial charge >= 0.3 is 0 Å². The highest BCUT2D eigenvalue weighted by atomic mass is 16.3. The molecule has 0 aliphatic rings. The maximum atomic E-state index is 10.9. The number of aromatic hydroxyl groups is 1. The van der Waals surface area contributed by atoms with Crippen LogP contribution in [-0.4, -0.2) is 20.1 Å². The molecule has 1 aromatic carbocycles. The van der Waals surface area contributed by atoms with Crippen LogP contribution in [0.5, 0.6) is 5.75 Å². The SMILES string of the molecule is Cc1cccc(C(Nc2ccccn2)c2ccc3cccnc3c2O)n1. The molecule has 128 valence electrons. The number of hydrogen-bond acceptors (Lipinski definition) is 5. The lowest BCUT2D eigenvalue weighted by Gasteiger charge is -2.21. The predicted molar refractivity (Wildman–Crippen MR) is 102 cm³/mol. The minimum Gasteiger partial charge on any atom is -0.505 e. The van der Waals surface area contributed by atoms with Gasteiger partial charge in [-0.25, -0.2) is 4.98 Å². The van der Waals surface area contributed by atoms with Crippen molar-refractivity contribution in [1.82, 2.24) is 15.0 Å². The van der Waals surface area contributed by atoms with E-state index in [1.54, 1.807) is 12.4 Å². The fourth-order valence-corrected chi connectivity index (χ4v) is 3.01. The van der Waals surface area contributed by atoms with Crippen LogP contribution in [-0.2, 0) is 0 Å². The molecule has 0 bridgehead atoms. The number of phenols is 1. The summed E-state index contributed by atoms with van der Waals surface area (Å²) in [4.78, 5) is 13.3. The van der Waals surface area contributed by atoms with Crippen LogP contribution >= 0.6 is 0 Å². The molecule has 26 heavy (non-hydrogen) atoms. The third kappa shape index (κ3) is 3.07. The van der Waals surface area contributed by atoms with Crippen LogP contribution in [0, 0.1) is 6.92 Å². The molecule has 5 heteroatoms. The summed E-state index contributed by atoms with van der Waals surface area (Å²) in [6.45, 7) is 1.95. The maximum Gasteiger partial charge on any atom is 0.147 e. The Morgan fingerprint density at radius 2 is 1.77 bits per heavy atom. The highest BCUT2D eigenvalue weighted by molar-refractivity contribution is 5.85. The third-order valence-electron chi connectivity index (χ3n) is 4.25. The topological polar surface area (TPSA) is 70.9 Å². The van der Waals surface area contributed by atoms with E-state index in [-0.39, 0.29) is 11.8 Å². The van der Waals surface area contributed by atoms with Gasteiger partial charge in [0.2, 0.25) is 0 Å². The summed E-state index contributed by atoms with van der Waals surface area (Å²) in [6.07, 6.45) is 3.41. The van der Waals surface area contributed by atoms with E-state index in [0.29, 0.717) is 16.9 Å². The fourth-order valence-electron chi connectivity index (χ4n) is 3.01. The Morgan fingerprint density at radius 3 is 2.58 bits per heavy atom. The van der Waals surface area contributed by atoms with Crippen LogP contribution in [0.15, 0.2) is 73.1 Å². The summed E-state index contributed by atoms with van der Waals surface area (Å²) < 4.78 is 0. The molecule has 0 aliphatic heterocycles. The van der Waals surface area contributed by atoms with Gasteiger partial charge in [0.1, 0.15) is 17.1 Å². The number of rotatable bonds is 4. The van der Waals surface area contributed by atoms with Crippen molar-refractivity contribution in [3.05, 3.63) is 90.0 Å². The first-order valence-electron chi connectivity index (χ1n) is 8.40. The van der Waals surface area contributed by atoms with Crippen LogP contribution in [0.25, 0.3) is 10.9 Å². The molecule has 2 N–H and O–H groups in total. The fraction of sp³-hybridized carbons (Fsp3) is 0.0952. The van der Waals surface area contributed by atoms with E-state index in [9.17, 15) is 5.11 Å². The highest BCUT2D eigenvalue weighted by Crippen LogP contribution is 2.35. The molecule has 0 spiro atoms. The zero-order chi connectivity index (χ0) is 17.9. The molecule has 0 radical (unpaired) electrons. The molecule has 0 saturated heterocycles. The molecule has 3 heterocycles. The highest BCUT2D eigenvalue weighted by Gasteiger charge is 2.21. The average molecular weight is 342 g/mol. The van der Waals surface area contributed by atoms with Crippen molar-refractivity contribution < 1.29 is 5.11 Å². The van der Waals surface area contributed by atoms with Gasteiger partial charge in [0.05, 0.1) is 11.7 Å². The average Bonchev–Trinajstić information content (AvgIpc) is 2.68. The van der Waals surface area contributed by atoms with E-state index in [0.717, 1.165) is 16.8 Å². The lowest BCUT2D eigenvalue weighted by atomic mass is 9.99. The molecular weight excluding hydrogens is 324 g/mol. The number of hydrogen-bond donors (Lipinski definition) is 2. The standard InChI is InChI=1S/C21H18N4O/c1-14-6-4-8-17(24-14)20(25-18-9-2-3-12-22-18)16-11-10-15-7-5-13-23-19(15)21(16)26/h2-13,20,26H,1H3,(H,22,25). The Balaban J connectivity index is 1.86. The van der Waals surface area contributed by atoms with Crippen molar-refractivity contribution in [3.63, 3.8) is 0 Å². The lowest BCUT2D eigenvalue weighted by Crippen LogP contribution is -2.15. The summed E-state index contributed by atoms with van der Waals surface area (Å²) in [5.41, 5.74) is 3.00. The van der Waals surface area contributed by atoms with Gasteiger partial charge in [-0.1, -0.05) is 30.3 Å². The van der Waals surface area contributed by atoms with Crippen LogP contribution in [0.3, 0.4) is 0 Å². The number of phenolic OH excluding ortho intramolecular Hbond substituents is 1. The van der Waals surface area contributed by atoms with Crippen molar-refractivity contribution in [2.75, 3.05) is 5.32 Å². The number of nitrogens with zero attached hydrogens (tertiary/aromatic N) is 3. The minimum absolute atomic E-state index is 0.153.